The van der Waals surface area contributed by atoms with Gasteiger partial charge in [-0.15, -0.1) is 0 Å². The zero-order chi connectivity index (χ0) is 65.8. The molecule has 0 aromatic carbocycles. The minimum Gasteiger partial charge on any atom is -0.466 e. The van der Waals surface area contributed by atoms with Crippen LogP contribution in [0.25, 0.3) is 0 Å². The van der Waals surface area contributed by atoms with E-state index in [2.05, 4.69) is 67.8 Å². The molecule has 1 fully saturated rings. The zero-order valence-corrected chi connectivity index (χ0v) is 59.3. The van der Waals surface area contributed by atoms with Crippen LogP contribution in [0.2, 0.25) is 0 Å². The first kappa shape index (κ1) is 86.4. The largest absolute Gasteiger partial charge is 0.466 e. The van der Waals surface area contributed by atoms with E-state index in [0.717, 1.165) is 70.6 Å². The van der Waals surface area contributed by atoms with E-state index in [1.165, 1.54) is 276 Å². The van der Waals surface area contributed by atoms with Gasteiger partial charge >= 0.3 is 5.97 Å². The van der Waals surface area contributed by atoms with Gasteiger partial charge in [0.25, 0.3) is 0 Å². The molecule has 0 aromatic rings. The van der Waals surface area contributed by atoms with E-state index in [9.17, 15) is 35.1 Å². The highest BCUT2D eigenvalue weighted by molar-refractivity contribution is 5.76. The van der Waals surface area contributed by atoms with Crippen molar-refractivity contribution in [2.45, 2.75) is 416 Å². The molecule has 0 aromatic heterocycles. The Balaban J connectivity index is 1.94. The van der Waals surface area contributed by atoms with Gasteiger partial charge in [-0.25, -0.2) is 0 Å². The van der Waals surface area contributed by atoms with E-state index in [0.29, 0.717) is 19.4 Å². The fourth-order valence-corrected chi connectivity index (χ4v) is 12.2. The van der Waals surface area contributed by atoms with Crippen molar-refractivity contribution in [1.82, 2.24) is 5.32 Å². The van der Waals surface area contributed by atoms with E-state index < -0.39 is 49.5 Å². The number of carbonyl (C=O) groups excluding carboxylic acids is 2. The highest BCUT2D eigenvalue weighted by atomic mass is 16.7. The maximum Gasteiger partial charge on any atom is 0.305 e. The van der Waals surface area contributed by atoms with Crippen LogP contribution in [-0.4, -0.2) is 100 Å². The molecule has 0 bridgehead atoms. The Bertz CT molecular complexity index is 1700. The summed E-state index contributed by atoms with van der Waals surface area (Å²) in [6.45, 7) is 4.34. The average molecular weight is 1280 g/mol. The van der Waals surface area contributed by atoms with E-state index in [1.54, 1.807) is 6.08 Å². The van der Waals surface area contributed by atoms with Crippen molar-refractivity contribution in [3.8, 4) is 0 Å². The number of esters is 1. The first-order chi connectivity index (χ1) is 44.7. The van der Waals surface area contributed by atoms with Crippen LogP contribution in [0, 0.1) is 0 Å². The third-order valence-electron chi connectivity index (χ3n) is 18.3. The molecule has 0 aliphatic carbocycles. The van der Waals surface area contributed by atoms with Gasteiger partial charge in [0.2, 0.25) is 5.91 Å². The van der Waals surface area contributed by atoms with E-state index in [4.69, 9.17) is 14.2 Å². The molecule has 0 saturated carbocycles. The first-order valence-corrected chi connectivity index (χ1v) is 39.1. The highest BCUT2D eigenvalue weighted by Crippen LogP contribution is 2.24. The van der Waals surface area contributed by atoms with E-state index in [-0.39, 0.29) is 18.5 Å². The van der Waals surface area contributed by atoms with Gasteiger partial charge < -0.3 is 45.1 Å². The number of unbranched alkanes of at least 4 members (excludes halogenated alkanes) is 47. The lowest BCUT2D eigenvalue weighted by molar-refractivity contribution is -0.302. The van der Waals surface area contributed by atoms with Gasteiger partial charge in [0.1, 0.15) is 24.4 Å². The molecule has 532 valence electrons. The maximum atomic E-state index is 13.1. The molecule has 1 aliphatic heterocycles. The quantitative estimate of drug-likeness (QED) is 0.0195. The molecule has 0 spiro atoms. The SMILES string of the molecule is CCCC/C=C\C/C=C\CCCCCCCC(=O)OCCCCCCCCCCCCC/C=C\C/C=C\CCCCCCCCCCCCCCCCCCCC(=O)NC(COC1OC(CO)C(O)C(O)C1O)C(O)/C=C/CCCCCCCCCCCCCC. The molecule has 1 amide bonds. The fourth-order valence-electron chi connectivity index (χ4n) is 12.2. The Morgan fingerprint density at radius 2 is 0.747 bits per heavy atom. The molecule has 1 saturated heterocycles. The summed E-state index contributed by atoms with van der Waals surface area (Å²) in [7, 11) is 0. The van der Waals surface area contributed by atoms with Crippen LogP contribution in [0.5, 0.6) is 0 Å². The number of nitrogens with one attached hydrogen (secondary N) is 1. The molecule has 7 unspecified atom stereocenters. The molecular weight excluding hydrogens is 1130 g/mol. The van der Waals surface area contributed by atoms with Crippen LogP contribution in [0.4, 0.5) is 0 Å². The second-order valence-corrected chi connectivity index (χ2v) is 27.1. The second-order valence-electron chi connectivity index (χ2n) is 27.1. The van der Waals surface area contributed by atoms with Crippen LogP contribution in [0.3, 0.4) is 0 Å². The van der Waals surface area contributed by atoms with Crippen LogP contribution in [-0.2, 0) is 23.8 Å². The van der Waals surface area contributed by atoms with Crippen LogP contribution in [0.15, 0.2) is 60.8 Å². The van der Waals surface area contributed by atoms with Crippen molar-refractivity contribution >= 4 is 11.9 Å². The number of aliphatic hydroxyl groups is 5. The van der Waals surface area contributed by atoms with E-state index >= 15 is 0 Å². The molecular formula is C80H147NO10. The minimum absolute atomic E-state index is 0.00457. The molecule has 91 heavy (non-hydrogen) atoms. The van der Waals surface area contributed by atoms with Crippen molar-refractivity contribution in [3.05, 3.63) is 60.8 Å². The first-order valence-electron chi connectivity index (χ1n) is 39.1. The van der Waals surface area contributed by atoms with Gasteiger partial charge in [-0.3, -0.25) is 9.59 Å². The van der Waals surface area contributed by atoms with Gasteiger partial charge in [0.15, 0.2) is 6.29 Å². The fraction of sp³-hybridized carbons (Fsp3) is 0.850. The van der Waals surface area contributed by atoms with Crippen molar-refractivity contribution < 1.29 is 49.3 Å². The summed E-state index contributed by atoms with van der Waals surface area (Å²) in [6, 6.07) is -0.809. The summed E-state index contributed by atoms with van der Waals surface area (Å²) in [5.41, 5.74) is 0. The molecule has 1 aliphatic rings. The predicted molar refractivity (Wildman–Crippen MR) is 384 cm³/mol. The third-order valence-corrected chi connectivity index (χ3v) is 18.3. The normalized spacial score (nSPS) is 17.9. The van der Waals surface area contributed by atoms with Gasteiger partial charge in [0.05, 0.1) is 32.0 Å². The lowest BCUT2D eigenvalue weighted by atomic mass is 9.99. The number of allylic oxidation sites excluding steroid dienone is 9. The monoisotopic (exact) mass is 1280 g/mol. The number of carbonyl (C=O) groups is 2. The molecule has 7 atom stereocenters. The second kappa shape index (κ2) is 68.7. The summed E-state index contributed by atoms with van der Waals surface area (Å²) in [6.07, 6.45) is 82.3. The molecule has 0 radical (unpaired) electrons. The standard InChI is InChI=1S/C80H147NO10/c1-3-5-7-9-11-13-15-17-42-46-50-54-58-62-66-73(83)72(71-90-80-79(88)78(87)77(86)74(70-82)91-80)81-75(84)67-63-59-55-51-47-43-40-38-36-34-32-30-28-26-24-22-20-19-21-23-25-27-29-31-33-35-37-39-41-45-49-53-57-61-65-69-89-76(85)68-64-60-56-52-48-44-18-16-14-12-10-8-6-4-2/h10,12,16,18,21,23,27,29,62,66,72-74,77-80,82-83,86-88H,3-9,11,13-15,17,19-20,22,24-26,28,30-61,63-65,67-71H2,1-2H3,(H,81,84)/b12-10-,18-16-,23-21-,29-27-,66-62+. The lowest BCUT2D eigenvalue weighted by Crippen LogP contribution is -2.60. The van der Waals surface area contributed by atoms with Gasteiger partial charge in [-0.1, -0.05) is 331 Å². The van der Waals surface area contributed by atoms with Gasteiger partial charge in [0, 0.05) is 12.8 Å². The van der Waals surface area contributed by atoms with Crippen LogP contribution in [0.1, 0.15) is 373 Å². The number of rotatable bonds is 69. The zero-order valence-electron chi connectivity index (χ0n) is 59.3. The number of hydrogen-bond acceptors (Lipinski definition) is 10. The van der Waals surface area contributed by atoms with Gasteiger partial charge in [-0.05, 0) is 89.9 Å². The molecule has 6 N–H and O–H groups in total. The minimum atomic E-state index is -1.57. The molecule has 1 rings (SSSR count). The average Bonchev–Trinajstić information content (AvgIpc) is 1.17. The van der Waals surface area contributed by atoms with E-state index in [1.807, 2.05) is 6.08 Å². The summed E-state index contributed by atoms with van der Waals surface area (Å²) in [5.74, 6) is -0.182. The Kier molecular flexibility index (Phi) is 65.2. The summed E-state index contributed by atoms with van der Waals surface area (Å²) >= 11 is 0. The Morgan fingerprint density at radius 1 is 0.407 bits per heavy atom. The molecule has 1 heterocycles. The van der Waals surface area contributed by atoms with Crippen LogP contribution >= 0.6 is 0 Å². The Hall–Kier alpha value is -2.64. The highest BCUT2D eigenvalue weighted by Gasteiger charge is 2.44. The van der Waals surface area contributed by atoms with Crippen molar-refractivity contribution in [2.24, 2.45) is 0 Å². The smallest absolute Gasteiger partial charge is 0.305 e. The number of hydrogen-bond donors (Lipinski definition) is 6. The number of amides is 1. The van der Waals surface area contributed by atoms with Crippen molar-refractivity contribution in [1.29, 1.82) is 0 Å². The lowest BCUT2D eigenvalue weighted by Gasteiger charge is -2.40. The summed E-state index contributed by atoms with van der Waals surface area (Å²) in [5, 5.41) is 54.6. The third kappa shape index (κ3) is 57.3. The Morgan fingerprint density at radius 3 is 1.14 bits per heavy atom. The maximum absolute atomic E-state index is 13.1. The van der Waals surface area contributed by atoms with Crippen LogP contribution < -0.4 is 5.32 Å². The summed E-state index contributed by atoms with van der Waals surface area (Å²) in [4.78, 5) is 25.2. The summed E-state index contributed by atoms with van der Waals surface area (Å²) < 4.78 is 16.8. The van der Waals surface area contributed by atoms with Crippen molar-refractivity contribution in [3.63, 3.8) is 0 Å². The van der Waals surface area contributed by atoms with Gasteiger partial charge in [-0.2, -0.15) is 0 Å². The number of ether oxygens (including phenoxy) is 3. The molecule has 11 heteroatoms. The van der Waals surface area contributed by atoms with Crippen molar-refractivity contribution in [2.75, 3.05) is 19.8 Å². The number of aliphatic hydroxyl groups excluding tert-OH is 5. The Labute approximate surface area is 560 Å². The molecule has 11 nitrogen and oxygen atoms in total. The predicted octanol–water partition coefficient (Wildman–Crippen LogP) is 20.9. The topological polar surface area (TPSA) is 175 Å².